The van der Waals surface area contributed by atoms with E-state index in [4.69, 9.17) is 45.6 Å². The molecule has 0 aromatic carbocycles. The third-order valence-corrected chi connectivity index (χ3v) is 13.4. The maximum absolute atomic E-state index is 13.3. The molecule has 0 saturated heterocycles. The lowest BCUT2D eigenvalue weighted by Gasteiger charge is -2.39. The Morgan fingerprint density at radius 3 is 1.48 bits per heavy atom. The second-order valence-corrected chi connectivity index (χ2v) is 16.7. The Balaban J connectivity index is 5.71. The van der Waals surface area contributed by atoms with Crippen LogP contribution in [0.1, 0.15) is 92.9 Å². The van der Waals surface area contributed by atoms with Crippen LogP contribution in [-0.4, -0.2) is 29.2 Å². The summed E-state index contributed by atoms with van der Waals surface area (Å²) in [6.07, 6.45) is 4.92. The zero-order valence-corrected chi connectivity index (χ0v) is 24.7. The fraction of sp³-hybridized carbons (Fsp3) is 1.00. The third-order valence-electron chi connectivity index (χ3n) is 4.06. The van der Waals surface area contributed by atoms with Crippen LogP contribution in [0.3, 0.4) is 0 Å². The molecule has 0 saturated carbocycles. The van der Waals surface area contributed by atoms with Gasteiger partial charge in [-0.25, -0.2) is 8.88 Å². The van der Waals surface area contributed by atoms with Crippen molar-refractivity contribution in [1.82, 2.24) is 0 Å². The van der Waals surface area contributed by atoms with Gasteiger partial charge in [-0.3, -0.25) is 13.6 Å². The highest BCUT2D eigenvalue weighted by atomic mass is 35.5. The first kappa shape index (κ1) is 34.0. The SMILES string of the molecule is CCCCCCOP(=O)(OCCCCCC)OP(=O)([O-])C(Cl)(Cl)P(=O)(OC(C)C)OC(C)C. The van der Waals surface area contributed by atoms with Gasteiger partial charge in [-0.2, -0.15) is 0 Å². The van der Waals surface area contributed by atoms with Crippen LogP contribution in [0.25, 0.3) is 0 Å². The molecule has 33 heavy (non-hydrogen) atoms. The van der Waals surface area contributed by atoms with Crippen LogP contribution in [0.4, 0.5) is 0 Å². The van der Waals surface area contributed by atoms with Gasteiger partial charge in [0.25, 0.3) is 3.82 Å². The lowest BCUT2D eigenvalue weighted by Crippen LogP contribution is -2.28. The molecule has 200 valence electrons. The van der Waals surface area contributed by atoms with Gasteiger partial charge >= 0.3 is 15.4 Å². The van der Waals surface area contributed by atoms with Gasteiger partial charge in [0.2, 0.25) is 0 Å². The molecule has 0 radical (unpaired) electrons. The van der Waals surface area contributed by atoms with E-state index in [2.05, 4.69) is 0 Å². The Morgan fingerprint density at radius 2 is 1.15 bits per heavy atom. The lowest BCUT2D eigenvalue weighted by atomic mass is 10.2. The Morgan fingerprint density at radius 1 is 0.758 bits per heavy atom. The van der Waals surface area contributed by atoms with Crippen molar-refractivity contribution in [3.63, 3.8) is 0 Å². The van der Waals surface area contributed by atoms with E-state index in [9.17, 15) is 18.6 Å². The van der Waals surface area contributed by atoms with Crippen molar-refractivity contribution in [1.29, 1.82) is 0 Å². The van der Waals surface area contributed by atoms with Crippen molar-refractivity contribution in [3.8, 4) is 0 Å². The molecule has 0 aliphatic carbocycles. The van der Waals surface area contributed by atoms with E-state index >= 15 is 0 Å². The number of halogens is 2. The van der Waals surface area contributed by atoms with Gasteiger partial charge in [0.1, 0.15) is 0 Å². The molecule has 0 N–H and O–H groups in total. The molecule has 0 spiro atoms. The first-order valence-electron chi connectivity index (χ1n) is 11.4. The fourth-order valence-corrected chi connectivity index (χ4v) is 9.39. The highest BCUT2D eigenvalue weighted by Gasteiger charge is 2.60. The van der Waals surface area contributed by atoms with Crippen molar-refractivity contribution in [2.24, 2.45) is 0 Å². The van der Waals surface area contributed by atoms with Crippen LogP contribution in [0.5, 0.6) is 0 Å². The number of unbranched alkanes of at least 4 members (excludes halogenated alkanes) is 6. The zero-order valence-electron chi connectivity index (χ0n) is 20.5. The highest BCUT2D eigenvalue weighted by molar-refractivity contribution is 7.81. The molecule has 1 atom stereocenters. The summed E-state index contributed by atoms with van der Waals surface area (Å²) in [5.74, 6) is 0. The maximum Gasteiger partial charge on any atom is 0.479 e. The number of alkyl halides is 2. The molecule has 0 amide bonds. The van der Waals surface area contributed by atoms with E-state index < -0.39 is 39.0 Å². The Hall–Kier alpha value is 1.03. The second kappa shape index (κ2) is 16.0. The molecule has 0 aromatic heterocycles. The molecule has 14 heteroatoms. The summed E-state index contributed by atoms with van der Waals surface area (Å²) in [5.41, 5.74) is 0. The summed E-state index contributed by atoms with van der Waals surface area (Å²) in [6.45, 7) is 9.93. The van der Waals surface area contributed by atoms with Crippen LogP contribution >= 0.6 is 46.2 Å². The van der Waals surface area contributed by atoms with E-state index in [1.54, 1.807) is 0 Å². The molecule has 0 fully saturated rings. The number of phosphoric ester groups is 1. The van der Waals surface area contributed by atoms with Gasteiger partial charge in [-0.1, -0.05) is 75.6 Å². The Kier molecular flexibility index (Phi) is 16.5. The monoisotopic (exact) mass is 575 g/mol. The van der Waals surface area contributed by atoms with Crippen molar-refractivity contribution < 1.29 is 41.0 Å². The smallest absolute Gasteiger partial charge is 0.479 e. The van der Waals surface area contributed by atoms with Crippen LogP contribution in [0, 0.1) is 0 Å². The predicted molar refractivity (Wildman–Crippen MR) is 131 cm³/mol. The molecule has 0 heterocycles. The average Bonchev–Trinajstić information content (AvgIpc) is 2.65. The van der Waals surface area contributed by atoms with Gasteiger partial charge in [0.15, 0.2) is 7.60 Å². The Labute approximate surface area is 209 Å². The summed E-state index contributed by atoms with van der Waals surface area (Å²) in [4.78, 5) is 13.0. The van der Waals surface area contributed by atoms with Crippen molar-refractivity contribution in [3.05, 3.63) is 0 Å². The summed E-state index contributed by atoms with van der Waals surface area (Å²) in [7, 11) is -15.0. The van der Waals surface area contributed by atoms with Gasteiger partial charge in [-0.15, -0.1) is 0 Å². The molecule has 0 aliphatic rings. The minimum absolute atomic E-state index is 0.0630. The van der Waals surface area contributed by atoms with Gasteiger partial charge < -0.3 is 18.5 Å². The number of phosphoric acid groups is 1. The molecular weight excluding hydrogens is 536 g/mol. The highest BCUT2D eigenvalue weighted by Crippen LogP contribution is 2.82. The van der Waals surface area contributed by atoms with Gasteiger partial charge in [0, 0.05) is 0 Å². The first-order valence-corrected chi connectivity index (χ1v) is 16.7. The van der Waals surface area contributed by atoms with Crippen LogP contribution < -0.4 is 4.89 Å². The number of rotatable bonds is 20. The molecule has 9 nitrogen and oxygen atoms in total. The lowest BCUT2D eigenvalue weighted by molar-refractivity contribution is -0.193. The summed E-state index contributed by atoms with van der Waals surface area (Å²) >= 11 is 12.1. The fourth-order valence-electron chi connectivity index (χ4n) is 2.53. The van der Waals surface area contributed by atoms with E-state index in [-0.39, 0.29) is 13.2 Å². The number of hydrogen-bond donors (Lipinski definition) is 0. The second-order valence-electron chi connectivity index (χ2n) is 8.13. The zero-order chi connectivity index (χ0) is 25.8. The minimum Gasteiger partial charge on any atom is -0.776 e. The maximum atomic E-state index is 13.3. The average molecular weight is 576 g/mol. The topological polar surface area (TPSA) is 120 Å². The van der Waals surface area contributed by atoms with Gasteiger partial charge in [0.05, 0.1) is 25.4 Å². The van der Waals surface area contributed by atoms with Crippen LogP contribution in [0.2, 0.25) is 0 Å². The summed E-state index contributed by atoms with van der Waals surface area (Å²) in [6, 6.07) is 0. The van der Waals surface area contributed by atoms with Gasteiger partial charge in [-0.05, 0) is 40.5 Å². The Bertz CT molecular complexity index is 657. The molecule has 0 aliphatic heterocycles. The number of hydrogen-bond acceptors (Lipinski definition) is 9. The van der Waals surface area contributed by atoms with Crippen molar-refractivity contribution in [2.45, 2.75) is 109 Å². The third kappa shape index (κ3) is 12.2. The molecular formula is C19H40Cl2O9P3-. The van der Waals surface area contributed by atoms with Crippen LogP contribution in [0.15, 0.2) is 0 Å². The molecule has 0 bridgehead atoms. The standard InChI is InChI=1S/C19H41Cl2O9P3/c1-7-9-11-13-15-26-33(25,27-16-14-12-10-8-2)30-31(22,23)19(20,21)32(24,28-17(3)4)29-18(5)6/h17-18H,7-16H2,1-6H3,(H,22,23)/p-1. The van der Waals surface area contributed by atoms with E-state index in [0.29, 0.717) is 12.8 Å². The van der Waals surface area contributed by atoms with Crippen molar-refractivity contribution >= 4 is 46.2 Å². The summed E-state index contributed by atoms with van der Waals surface area (Å²) < 4.78 is 62.1. The largest absolute Gasteiger partial charge is 0.776 e. The minimum atomic E-state index is -5.62. The van der Waals surface area contributed by atoms with E-state index in [1.807, 2.05) is 13.8 Å². The van der Waals surface area contributed by atoms with Crippen molar-refractivity contribution in [2.75, 3.05) is 13.2 Å². The van der Waals surface area contributed by atoms with Crippen LogP contribution in [-0.2, 0) is 36.1 Å². The predicted octanol–water partition coefficient (Wildman–Crippen LogP) is 7.99. The first-order chi connectivity index (χ1) is 15.2. The molecule has 1 unspecified atom stereocenters. The normalized spacial score (nSPS) is 15.4. The molecule has 0 aromatic rings. The quantitative estimate of drug-likeness (QED) is 0.0807. The molecule has 0 rings (SSSR count). The van der Waals surface area contributed by atoms with E-state index in [1.165, 1.54) is 27.7 Å². The van der Waals surface area contributed by atoms with E-state index in [0.717, 1.165) is 38.5 Å². The summed E-state index contributed by atoms with van der Waals surface area (Å²) in [5, 5.41) is 0.